The zero-order valence-corrected chi connectivity index (χ0v) is 14.7. The number of benzene rings is 1. The number of piperidine rings is 1. The Balaban J connectivity index is 1.55. The van der Waals surface area contributed by atoms with Crippen LogP contribution in [-0.4, -0.2) is 50.4 Å². The zero-order valence-electron chi connectivity index (χ0n) is 14.0. The number of carbonyl (C=O) groups is 1. The summed E-state index contributed by atoms with van der Waals surface area (Å²) in [5.41, 5.74) is 1.08. The van der Waals surface area contributed by atoms with Crippen molar-refractivity contribution in [2.45, 2.75) is 38.3 Å². The van der Waals surface area contributed by atoms with Gasteiger partial charge in [-0.3, -0.25) is 10.00 Å². The van der Waals surface area contributed by atoms with Gasteiger partial charge in [0.1, 0.15) is 17.9 Å². The summed E-state index contributed by atoms with van der Waals surface area (Å²) in [6.07, 6.45) is 2.71. The monoisotopic (exact) mass is 364 g/mol. The first-order valence-corrected chi connectivity index (χ1v) is 8.66. The maximum Gasteiger partial charge on any atom is 0.344 e. The SMILES string of the molecule is CC(Oc1ccc(CN2CCC(c3ncn[nH]3)CC2)cc1Cl)C(=O)O. The third-order valence-corrected chi connectivity index (χ3v) is 4.76. The van der Waals surface area contributed by atoms with Crippen LogP contribution in [0.5, 0.6) is 5.75 Å². The third kappa shape index (κ3) is 4.49. The number of aliphatic carboxylic acids is 1. The molecule has 1 atom stereocenters. The van der Waals surface area contributed by atoms with Crippen molar-refractivity contribution in [2.24, 2.45) is 0 Å². The first kappa shape index (κ1) is 17.7. The van der Waals surface area contributed by atoms with Gasteiger partial charge < -0.3 is 9.84 Å². The molecule has 2 heterocycles. The molecule has 3 rings (SSSR count). The predicted octanol–water partition coefficient (Wildman–Crippen LogP) is 2.69. The molecule has 0 saturated carbocycles. The van der Waals surface area contributed by atoms with Gasteiger partial charge in [0.2, 0.25) is 0 Å². The van der Waals surface area contributed by atoms with Crippen molar-refractivity contribution >= 4 is 17.6 Å². The highest BCUT2D eigenvalue weighted by atomic mass is 35.5. The third-order valence-electron chi connectivity index (χ3n) is 4.46. The molecule has 0 radical (unpaired) electrons. The average molecular weight is 365 g/mol. The molecule has 0 spiro atoms. The number of hydrogen-bond donors (Lipinski definition) is 2. The highest BCUT2D eigenvalue weighted by molar-refractivity contribution is 6.32. The topological polar surface area (TPSA) is 91.3 Å². The summed E-state index contributed by atoms with van der Waals surface area (Å²) in [4.78, 5) is 17.5. The number of aromatic nitrogens is 3. The van der Waals surface area contributed by atoms with Gasteiger partial charge in [0.15, 0.2) is 6.10 Å². The Morgan fingerprint density at radius 1 is 1.48 bits per heavy atom. The molecule has 0 amide bonds. The van der Waals surface area contributed by atoms with E-state index >= 15 is 0 Å². The van der Waals surface area contributed by atoms with Crippen molar-refractivity contribution in [1.82, 2.24) is 20.1 Å². The van der Waals surface area contributed by atoms with Crippen LogP contribution in [0.1, 0.15) is 37.1 Å². The summed E-state index contributed by atoms with van der Waals surface area (Å²) < 4.78 is 5.35. The Kier molecular flexibility index (Phi) is 5.55. The number of carboxylic acids is 1. The van der Waals surface area contributed by atoms with E-state index in [9.17, 15) is 4.79 Å². The highest BCUT2D eigenvalue weighted by Gasteiger charge is 2.22. The van der Waals surface area contributed by atoms with Gasteiger partial charge in [0.25, 0.3) is 0 Å². The second-order valence-electron chi connectivity index (χ2n) is 6.28. The summed E-state index contributed by atoms with van der Waals surface area (Å²) in [6.45, 7) is 4.25. The first-order chi connectivity index (χ1) is 12.0. The summed E-state index contributed by atoms with van der Waals surface area (Å²) >= 11 is 6.23. The van der Waals surface area contributed by atoms with Crippen LogP contribution < -0.4 is 4.74 Å². The lowest BCUT2D eigenvalue weighted by molar-refractivity contribution is -0.144. The number of nitrogens with zero attached hydrogens (tertiary/aromatic N) is 3. The lowest BCUT2D eigenvalue weighted by Gasteiger charge is -2.31. The van der Waals surface area contributed by atoms with E-state index in [4.69, 9.17) is 21.4 Å². The Morgan fingerprint density at radius 3 is 2.84 bits per heavy atom. The van der Waals surface area contributed by atoms with Crippen LogP contribution in [0.2, 0.25) is 5.02 Å². The number of hydrogen-bond acceptors (Lipinski definition) is 5. The van der Waals surface area contributed by atoms with Crippen molar-refractivity contribution < 1.29 is 14.6 Å². The first-order valence-electron chi connectivity index (χ1n) is 8.28. The predicted molar refractivity (Wildman–Crippen MR) is 92.8 cm³/mol. The number of likely N-dealkylation sites (tertiary alicyclic amines) is 1. The van der Waals surface area contributed by atoms with Gasteiger partial charge in [-0.2, -0.15) is 5.10 Å². The van der Waals surface area contributed by atoms with E-state index < -0.39 is 12.1 Å². The summed E-state index contributed by atoms with van der Waals surface area (Å²) in [5, 5.41) is 16.2. The quantitative estimate of drug-likeness (QED) is 0.818. The number of nitrogens with one attached hydrogen (secondary N) is 1. The lowest BCUT2D eigenvalue weighted by Crippen LogP contribution is -2.32. The molecule has 1 aliphatic rings. The van der Waals surface area contributed by atoms with E-state index in [1.165, 1.54) is 6.92 Å². The molecule has 1 aromatic heterocycles. The maximum absolute atomic E-state index is 10.9. The second kappa shape index (κ2) is 7.84. The summed E-state index contributed by atoms with van der Waals surface area (Å²) in [6, 6.07) is 5.50. The van der Waals surface area contributed by atoms with Crippen molar-refractivity contribution in [3.63, 3.8) is 0 Å². The van der Waals surface area contributed by atoms with E-state index in [0.717, 1.165) is 43.9 Å². The van der Waals surface area contributed by atoms with E-state index in [0.29, 0.717) is 16.7 Å². The largest absolute Gasteiger partial charge is 0.479 e. The second-order valence-corrected chi connectivity index (χ2v) is 6.69. The van der Waals surface area contributed by atoms with E-state index in [2.05, 4.69) is 20.1 Å². The molecule has 1 unspecified atom stereocenters. The van der Waals surface area contributed by atoms with Crippen LogP contribution in [-0.2, 0) is 11.3 Å². The fraction of sp³-hybridized carbons (Fsp3) is 0.471. The molecule has 2 N–H and O–H groups in total. The fourth-order valence-electron chi connectivity index (χ4n) is 3.01. The van der Waals surface area contributed by atoms with Crippen LogP contribution in [0.4, 0.5) is 0 Å². The van der Waals surface area contributed by atoms with Crippen molar-refractivity contribution in [3.8, 4) is 5.75 Å². The number of carboxylic acid groups (broad SMARTS) is 1. The van der Waals surface area contributed by atoms with E-state index in [1.807, 2.05) is 12.1 Å². The fourth-order valence-corrected chi connectivity index (χ4v) is 3.26. The van der Waals surface area contributed by atoms with Gasteiger partial charge in [-0.15, -0.1) is 0 Å². The molecule has 25 heavy (non-hydrogen) atoms. The zero-order chi connectivity index (χ0) is 17.8. The van der Waals surface area contributed by atoms with Crippen LogP contribution in [0.3, 0.4) is 0 Å². The normalized spacial score (nSPS) is 17.4. The minimum Gasteiger partial charge on any atom is -0.479 e. The number of aromatic amines is 1. The Morgan fingerprint density at radius 2 is 2.24 bits per heavy atom. The number of halogens is 1. The molecule has 2 aromatic rings. The minimum atomic E-state index is -1.02. The molecule has 0 aliphatic carbocycles. The summed E-state index contributed by atoms with van der Waals surface area (Å²) in [5.74, 6) is 0.784. The van der Waals surface area contributed by atoms with E-state index in [1.54, 1.807) is 12.4 Å². The number of H-pyrrole nitrogens is 1. The maximum atomic E-state index is 10.9. The molecular weight excluding hydrogens is 344 g/mol. The molecule has 8 heteroatoms. The Hall–Kier alpha value is -2.12. The van der Waals surface area contributed by atoms with Gasteiger partial charge in [-0.1, -0.05) is 17.7 Å². The molecule has 1 fully saturated rings. The molecular formula is C17H21ClN4O3. The standard InChI is InChI=1S/C17H21ClN4O3/c1-11(17(23)24)25-15-3-2-12(8-14(15)18)9-22-6-4-13(5-7-22)16-19-10-20-21-16/h2-3,8,10-11,13H,4-7,9H2,1H3,(H,23,24)(H,19,20,21). The highest BCUT2D eigenvalue weighted by Crippen LogP contribution is 2.29. The molecule has 1 saturated heterocycles. The number of rotatable bonds is 6. The average Bonchev–Trinajstić information content (AvgIpc) is 3.12. The van der Waals surface area contributed by atoms with Gasteiger partial charge in [0, 0.05) is 12.5 Å². The lowest BCUT2D eigenvalue weighted by atomic mass is 9.96. The molecule has 0 bridgehead atoms. The molecule has 1 aromatic carbocycles. The van der Waals surface area contributed by atoms with Crippen molar-refractivity contribution in [1.29, 1.82) is 0 Å². The van der Waals surface area contributed by atoms with Gasteiger partial charge in [0.05, 0.1) is 5.02 Å². The smallest absolute Gasteiger partial charge is 0.344 e. The minimum absolute atomic E-state index is 0.393. The summed E-state index contributed by atoms with van der Waals surface area (Å²) in [7, 11) is 0. The molecule has 134 valence electrons. The van der Waals surface area contributed by atoms with Crippen LogP contribution in [0, 0.1) is 0 Å². The Bertz CT molecular complexity index is 715. The van der Waals surface area contributed by atoms with Gasteiger partial charge >= 0.3 is 5.97 Å². The molecule has 1 aliphatic heterocycles. The van der Waals surface area contributed by atoms with Crippen molar-refractivity contribution in [3.05, 3.63) is 40.9 Å². The van der Waals surface area contributed by atoms with Gasteiger partial charge in [-0.25, -0.2) is 9.78 Å². The van der Waals surface area contributed by atoms with Crippen molar-refractivity contribution in [2.75, 3.05) is 13.1 Å². The van der Waals surface area contributed by atoms with Crippen LogP contribution in [0.25, 0.3) is 0 Å². The van der Waals surface area contributed by atoms with E-state index in [-0.39, 0.29) is 0 Å². The van der Waals surface area contributed by atoms with Crippen LogP contribution in [0.15, 0.2) is 24.5 Å². The molecule has 7 nitrogen and oxygen atoms in total. The Labute approximate surface area is 151 Å². The van der Waals surface area contributed by atoms with Gasteiger partial charge in [-0.05, 0) is 50.6 Å². The van der Waals surface area contributed by atoms with Crippen LogP contribution >= 0.6 is 11.6 Å². The number of ether oxygens (including phenoxy) is 1.